The van der Waals surface area contributed by atoms with E-state index in [1.165, 1.54) is 4.90 Å². The molecule has 32 heavy (non-hydrogen) atoms. The zero-order chi connectivity index (χ0) is 23.3. The summed E-state index contributed by atoms with van der Waals surface area (Å²) in [5.74, 6) is 0.124. The topological polar surface area (TPSA) is 58.6 Å². The first kappa shape index (κ1) is 23.6. The first-order chi connectivity index (χ1) is 15.1. The molecule has 0 aliphatic rings. The van der Waals surface area contributed by atoms with E-state index >= 15 is 0 Å². The van der Waals surface area contributed by atoms with Gasteiger partial charge in [0, 0.05) is 22.5 Å². The van der Waals surface area contributed by atoms with Crippen LogP contribution in [0.3, 0.4) is 0 Å². The van der Waals surface area contributed by atoms with E-state index in [0.717, 1.165) is 16.3 Å². The number of halogens is 1. The van der Waals surface area contributed by atoms with Crippen LogP contribution in [0, 0.1) is 0 Å². The Morgan fingerprint density at radius 3 is 2.44 bits per heavy atom. The van der Waals surface area contributed by atoms with Gasteiger partial charge in [-0.15, -0.1) is 0 Å². The second-order valence-electron chi connectivity index (χ2n) is 8.83. The number of nitrogens with zero attached hydrogens (tertiary/aromatic N) is 1. The van der Waals surface area contributed by atoms with Gasteiger partial charge in [-0.2, -0.15) is 0 Å². The molecule has 0 radical (unpaired) electrons. The average Bonchev–Trinajstić information content (AvgIpc) is 2.74. The Bertz CT molecular complexity index is 1100. The molecule has 0 saturated heterocycles. The lowest BCUT2D eigenvalue weighted by Gasteiger charge is -2.31. The summed E-state index contributed by atoms with van der Waals surface area (Å²) < 4.78 is 5.91. The molecule has 0 spiro atoms. The minimum Gasteiger partial charge on any atom is -0.483 e. The second-order valence-corrected chi connectivity index (χ2v) is 9.27. The quantitative estimate of drug-likeness (QED) is 0.535. The number of ether oxygens (including phenoxy) is 1. The van der Waals surface area contributed by atoms with E-state index in [1.807, 2.05) is 75.4 Å². The summed E-state index contributed by atoms with van der Waals surface area (Å²) in [6.45, 7) is 7.51. The van der Waals surface area contributed by atoms with Gasteiger partial charge in [-0.1, -0.05) is 60.1 Å². The fourth-order valence-electron chi connectivity index (χ4n) is 3.43. The first-order valence-corrected chi connectivity index (χ1v) is 11.0. The van der Waals surface area contributed by atoms with Crippen molar-refractivity contribution in [2.24, 2.45) is 0 Å². The summed E-state index contributed by atoms with van der Waals surface area (Å²) in [5.41, 5.74) is 0.432. The molecule has 0 heterocycles. The van der Waals surface area contributed by atoms with Crippen LogP contribution in [0.4, 0.5) is 0 Å². The maximum Gasteiger partial charge on any atom is 0.261 e. The third-order valence-electron chi connectivity index (χ3n) is 5.01. The predicted molar refractivity (Wildman–Crippen MR) is 129 cm³/mol. The molecule has 2 amide bonds. The summed E-state index contributed by atoms with van der Waals surface area (Å²) in [6.07, 6.45) is 0. The number of carbonyl (C=O) groups is 2. The largest absolute Gasteiger partial charge is 0.483 e. The van der Waals surface area contributed by atoms with Crippen LogP contribution < -0.4 is 10.1 Å². The third-order valence-corrected chi connectivity index (χ3v) is 5.24. The number of rotatable bonds is 7. The highest BCUT2D eigenvalue weighted by Crippen LogP contribution is 2.25. The molecule has 1 unspecified atom stereocenters. The fraction of sp³-hybridized carbons (Fsp3) is 0.308. The van der Waals surface area contributed by atoms with E-state index in [-0.39, 0.29) is 25.0 Å². The molecule has 6 heteroatoms. The van der Waals surface area contributed by atoms with Crippen LogP contribution in [0.5, 0.6) is 5.75 Å². The molecule has 0 saturated carbocycles. The molecular weight excluding hydrogens is 424 g/mol. The Labute approximate surface area is 194 Å². The lowest BCUT2D eigenvalue weighted by atomic mass is 10.1. The van der Waals surface area contributed by atoms with Gasteiger partial charge in [0.1, 0.15) is 11.8 Å². The third kappa shape index (κ3) is 6.24. The molecule has 0 aliphatic heterocycles. The van der Waals surface area contributed by atoms with Gasteiger partial charge in [0.25, 0.3) is 5.91 Å². The lowest BCUT2D eigenvalue weighted by Crippen LogP contribution is -2.53. The summed E-state index contributed by atoms with van der Waals surface area (Å²) in [5, 5.41) is 5.49. The Morgan fingerprint density at radius 1 is 1.03 bits per heavy atom. The predicted octanol–water partition coefficient (Wildman–Crippen LogP) is 5.20. The van der Waals surface area contributed by atoms with Gasteiger partial charge in [-0.3, -0.25) is 9.59 Å². The van der Waals surface area contributed by atoms with Crippen LogP contribution in [0.25, 0.3) is 10.8 Å². The number of amides is 2. The zero-order valence-corrected chi connectivity index (χ0v) is 19.6. The van der Waals surface area contributed by atoms with Crippen molar-refractivity contribution in [1.29, 1.82) is 0 Å². The van der Waals surface area contributed by atoms with Crippen LogP contribution in [0.15, 0.2) is 66.7 Å². The van der Waals surface area contributed by atoms with Gasteiger partial charge in [-0.25, -0.2) is 0 Å². The average molecular weight is 453 g/mol. The van der Waals surface area contributed by atoms with Gasteiger partial charge in [0.05, 0.1) is 0 Å². The number of fused-ring (bicyclic) bond motifs is 1. The number of hydrogen-bond donors (Lipinski definition) is 1. The van der Waals surface area contributed by atoms with E-state index < -0.39 is 11.6 Å². The van der Waals surface area contributed by atoms with Crippen LogP contribution in [0.2, 0.25) is 5.02 Å². The number of hydrogen-bond acceptors (Lipinski definition) is 3. The lowest BCUT2D eigenvalue weighted by molar-refractivity contribution is -0.142. The highest BCUT2D eigenvalue weighted by atomic mass is 35.5. The van der Waals surface area contributed by atoms with Gasteiger partial charge in [0.15, 0.2) is 6.61 Å². The van der Waals surface area contributed by atoms with Gasteiger partial charge in [-0.05, 0) is 56.8 Å². The first-order valence-electron chi connectivity index (χ1n) is 10.6. The zero-order valence-electron chi connectivity index (χ0n) is 18.9. The number of carbonyl (C=O) groups excluding carboxylic acids is 2. The summed E-state index contributed by atoms with van der Waals surface area (Å²) in [7, 11) is 0. The summed E-state index contributed by atoms with van der Waals surface area (Å²) >= 11 is 6.13. The second kappa shape index (κ2) is 10.0. The Morgan fingerprint density at radius 2 is 1.72 bits per heavy atom. The van der Waals surface area contributed by atoms with Crippen molar-refractivity contribution in [3.8, 4) is 5.75 Å². The van der Waals surface area contributed by atoms with Crippen molar-refractivity contribution in [2.45, 2.75) is 45.8 Å². The molecule has 0 aromatic heterocycles. The van der Waals surface area contributed by atoms with E-state index in [2.05, 4.69) is 5.32 Å². The standard InChI is InChI=1S/C26H29ClN2O3/c1-18(25(31)28-26(2,3)4)29(16-19-9-7-12-21(27)15-19)24(30)17-32-23-14-8-11-20-10-5-6-13-22(20)23/h5-15,18H,16-17H2,1-4H3,(H,28,31). The number of nitrogens with one attached hydrogen (secondary N) is 1. The van der Waals surface area contributed by atoms with Crippen LogP contribution in [0.1, 0.15) is 33.3 Å². The Kier molecular flexibility index (Phi) is 7.41. The van der Waals surface area contributed by atoms with Crippen LogP contribution in [-0.2, 0) is 16.1 Å². The maximum atomic E-state index is 13.2. The molecule has 0 aliphatic carbocycles. The molecule has 168 valence electrons. The van der Waals surface area contributed by atoms with Gasteiger partial charge >= 0.3 is 0 Å². The SMILES string of the molecule is CC(C(=O)NC(C)(C)C)N(Cc1cccc(Cl)c1)C(=O)COc1cccc2ccccc12. The van der Waals surface area contributed by atoms with Crippen molar-refractivity contribution >= 4 is 34.2 Å². The van der Waals surface area contributed by atoms with E-state index in [0.29, 0.717) is 10.8 Å². The van der Waals surface area contributed by atoms with Gasteiger partial charge < -0.3 is 15.0 Å². The van der Waals surface area contributed by atoms with Crippen LogP contribution >= 0.6 is 11.6 Å². The minimum absolute atomic E-state index is 0.179. The molecule has 1 N–H and O–H groups in total. The van der Waals surface area contributed by atoms with E-state index in [1.54, 1.807) is 19.1 Å². The molecular formula is C26H29ClN2O3. The maximum absolute atomic E-state index is 13.2. The van der Waals surface area contributed by atoms with Crippen molar-refractivity contribution < 1.29 is 14.3 Å². The summed E-state index contributed by atoms with van der Waals surface area (Å²) in [6, 6.07) is 20.2. The Balaban J connectivity index is 1.81. The van der Waals surface area contributed by atoms with Crippen molar-refractivity contribution in [3.05, 3.63) is 77.3 Å². The minimum atomic E-state index is -0.683. The Hall–Kier alpha value is -3.05. The highest BCUT2D eigenvalue weighted by Gasteiger charge is 2.28. The van der Waals surface area contributed by atoms with Crippen LogP contribution in [-0.4, -0.2) is 34.9 Å². The van der Waals surface area contributed by atoms with Crippen molar-refractivity contribution in [3.63, 3.8) is 0 Å². The monoisotopic (exact) mass is 452 g/mol. The molecule has 3 aromatic rings. The van der Waals surface area contributed by atoms with E-state index in [9.17, 15) is 9.59 Å². The number of benzene rings is 3. The van der Waals surface area contributed by atoms with Crippen molar-refractivity contribution in [2.75, 3.05) is 6.61 Å². The molecule has 0 fully saturated rings. The van der Waals surface area contributed by atoms with Gasteiger partial charge in [0.2, 0.25) is 5.91 Å². The highest BCUT2D eigenvalue weighted by molar-refractivity contribution is 6.30. The molecule has 3 aromatic carbocycles. The molecule has 0 bridgehead atoms. The van der Waals surface area contributed by atoms with E-state index in [4.69, 9.17) is 16.3 Å². The molecule has 3 rings (SSSR count). The summed E-state index contributed by atoms with van der Waals surface area (Å²) in [4.78, 5) is 27.6. The fourth-order valence-corrected chi connectivity index (χ4v) is 3.65. The molecule has 5 nitrogen and oxygen atoms in total. The smallest absolute Gasteiger partial charge is 0.261 e. The molecule has 1 atom stereocenters. The normalized spacial score (nSPS) is 12.3. The van der Waals surface area contributed by atoms with Crippen molar-refractivity contribution in [1.82, 2.24) is 10.2 Å².